The molecule has 4 N–H and O–H groups in total. The van der Waals surface area contributed by atoms with Gasteiger partial charge in [0.15, 0.2) is 5.82 Å². The number of hydrogen-bond acceptors (Lipinski definition) is 4. The number of anilines is 2. The van der Waals surface area contributed by atoms with E-state index < -0.39 is 10.0 Å². The van der Waals surface area contributed by atoms with Gasteiger partial charge in [0.25, 0.3) is 10.0 Å². The van der Waals surface area contributed by atoms with E-state index >= 15 is 0 Å². The average Bonchev–Trinajstić information content (AvgIpc) is 2.79. The van der Waals surface area contributed by atoms with Gasteiger partial charge in [-0.3, -0.25) is 9.82 Å². The van der Waals surface area contributed by atoms with E-state index in [9.17, 15) is 8.42 Å². The normalized spacial score (nSPS) is 11.5. The van der Waals surface area contributed by atoms with E-state index in [0.29, 0.717) is 5.69 Å². The van der Waals surface area contributed by atoms with Crippen LogP contribution in [-0.2, 0) is 16.4 Å². The monoisotopic (exact) mass is 280 g/mol. The largest absolute Gasteiger partial charge is 0.399 e. The van der Waals surface area contributed by atoms with Crippen LogP contribution < -0.4 is 10.5 Å². The maximum Gasteiger partial charge on any atom is 0.263 e. The van der Waals surface area contributed by atoms with Crippen LogP contribution >= 0.6 is 0 Å². The minimum atomic E-state index is -3.64. The molecule has 0 aliphatic carbocycles. The smallest absolute Gasteiger partial charge is 0.263 e. The summed E-state index contributed by atoms with van der Waals surface area (Å²) in [5, 5.41) is 6.65. The summed E-state index contributed by atoms with van der Waals surface area (Å²) in [5.74, 6) is 0.284. The van der Waals surface area contributed by atoms with Gasteiger partial charge in [0, 0.05) is 17.4 Å². The quantitative estimate of drug-likeness (QED) is 0.741. The number of aromatic amines is 1. The van der Waals surface area contributed by atoms with Gasteiger partial charge in [-0.15, -0.1) is 0 Å². The zero-order valence-electron chi connectivity index (χ0n) is 10.8. The summed E-state index contributed by atoms with van der Waals surface area (Å²) in [4.78, 5) is 0.167. The number of benzene rings is 1. The molecular weight excluding hydrogens is 264 g/mol. The lowest BCUT2D eigenvalue weighted by Crippen LogP contribution is -2.13. The van der Waals surface area contributed by atoms with Crippen molar-refractivity contribution in [3.63, 3.8) is 0 Å². The van der Waals surface area contributed by atoms with E-state index in [1.165, 1.54) is 12.1 Å². The Bertz CT molecular complexity index is 692. The van der Waals surface area contributed by atoms with Crippen molar-refractivity contribution in [3.8, 4) is 0 Å². The summed E-state index contributed by atoms with van der Waals surface area (Å²) in [6.45, 7) is 3.72. The van der Waals surface area contributed by atoms with Crippen molar-refractivity contribution in [1.82, 2.24) is 10.2 Å². The Morgan fingerprint density at radius 1 is 1.37 bits per heavy atom. The van der Waals surface area contributed by atoms with E-state index in [4.69, 9.17) is 5.73 Å². The number of nitrogens with two attached hydrogens (primary N) is 1. The van der Waals surface area contributed by atoms with E-state index in [1.54, 1.807) is 19.1 Å². The zero-order valence-corrected chi connectivity index (χ0v) is 11.6. The van der Waals surface area contributed by atoms with Crippen molar-refractivity contribution in [2.24, 2.45) is 0 Å². The first-order valence-electron chi connectivity index (χ1n) is 5.85. The van der Waals surface area contributed by atoms with Crippen LogP contribution in [0.1, 0.15) is 18.2 Å². The molecule has 1 heterocycles. The third kappa shape index (κ3) is 2.87. The van der Waals surface area contributed by atoms with Gasteiger partial charge in [-0.1, -0.05) is 6.92 Å². The van der Waals surface area contributed by atoms with Crippen LogP contribution in [0.5, 0.6) is 0 Å². The molecule has 0 saturated carbocycles. The van der Waals surface area contributed by atoms with Crippen molar-refractivity contribution in [3.05, 3.63) is 35.5 Å². The first kappa shape index (κ1) is 13.4. The van der Waals surface area contributed by atoms with Crippen LogP contribution in [0.4, 0.5) is 11.5 Å². The first-order chi connectivity index (χ1) is 8.92. The average molecular weight is 280 g/mol. The summed E-state index contributed by atoms with van der Waals surface area (Å²) in [5.41, 5.74) is 7.82. The van der Waals surface area contributed by atoms with Crippen LogP contribution in [0.15, 0.2) is 29.2 Å². The lowest BCUT2D eigenvalue weighted by atomic mass is 10.2. The Morgan fingerprint density at radius 2 is 2.11 bits per heavy atom. The van der Waals surface area contributed by atoms with Crippen LogP contribution in [0, 0.1) is 6.92 Å². The Labute approximate surface area is 112 Å². The lowest BCUT2D eigenvalue weighted by Gasteiger charge is -2.07. The number of aryl methyl sites for hydroxylation is 2. The fraction of sp³-hybridized carbons (Fsp3) is 0.250. The van der Waals surface area contributed by atoms with Crippen molar-refractivity contribution < 1.29 is 8.42 Å². The van der Waals surface area contributed by atoms with Crippen molar-refractivity contribution in [2.75, 3.05) is 10.5 Å². The number of aromatic nitrogens is 2. The second kappa shape index (κ2) is 4.93. The fourth-order valence-electron chi connectivity index (χ4n) is 1.61. The van der Waals surface area contributed by atoms with Gasteiger partial charge < -0.3 is 5.73 Å². The number of nitrogens with zero attached hydrogens (tertiary/aromatic N) is 1. The van der Waals surface area contributed by atoms with Gasteiger partial charge in [-0.2, -0.15) is 5.10 Å². The predicted molar refractivity (Wildman–Crippen MR) is 74.4 cm³/mol. The molecule has 0 fully saturated rings. The summed E-state index contributed by atoms with van der Waals surface area (Å²) in [6, 6.07) is 6.25. The van der Waals surface area contributed by atoms with Crippen molar-refractivity contribution in [1.29, 1.82) is 0 Å². The molecule has 102 valence electrons. The topological polar surface area (TPSA) is 101 Å². The number of H-pyrrole nitrogens is 1. The van der Waals surface area contributed by atoms with Crippen LogP contribution in [0.25, 0.3) is 0 Å². The number of rotatable bonds is 4. The summed E-state index contributed by atoms with van der Waals surface area (Å²) >= 11 is 0. The maximum absolute atomic E-state index is 12.2. The highest BCUT2D eigenvalue weighted by molar-refractivity contribution is 7.92. The molecule has 2 aromatic rings. The van der Waals surface area contributed by atoms with E-state index in [-0.39, 0.29) is 10.7 Å². The molecule has 0 atom stereocenters. The van der Waals surface area contributed by atoms with Crippen molar-refractivity contribution >= 4 is 21.5 Å². The minimum Gasteiger partial charge on any atom is -0.399 e. The van der Waals surface area contributed by atoms with E-state index in [1.807, 2.05) is 6.92 Å². The molecule has 0 aliphatic rings. The highest BCUT2D eigenvalue weighted by atomic mass is 32.2. The molecule has 0 amide bonds. The van der Waals surface area contributed by atoms with Gasteiger partial charge >= 0.3 is 0 Å². The summed E-state index contributed by atoms with van der Waals surface area (Å²) < 4.78 is 26.7. The van der Waals surface area contributed by atoms with Crippen molar-refractivity contribution in [2.45, 2.75) is 25.2 Å². The van der Waals surface area contributed by atoms with Crippen LogP contribution in [-0.4, -0.2) is 18.6 Å². The molecule has 0 spiro atoms. The summed E-state index contributed by atoms with van der Waals surface area (Å²) in [7, 11) is -3.64. The molecule has 0 radical (unpaired) electrons. The van der Waals surface area contributed by atoms with E-state index in [0.717, 1.165) is 17.7 Å². The van der Waals surface area contributed by atoms with Gasteiger partial charge in [-0.05, 0) is 37.1 Å². The van der Waals surface area contributed by atoms with Gasteiger partial charge in [-0.25, -0.2) is 8.42 Å². The highest BCUT2D eigenvalue weighted by Gasteiger charge is 2.16. The highest BCUT2D eigenvalue weighted by Crippen LogP contribution is 2.19. The zero-order chi connectivity index (χ0) is 14.0. The Kier molecular flexibility index (Phi) is 3.48. The lowest BCUT2D eigenvalue weighted by molar-refractivity contribution is 0.601. The molecule has 6 nitrogen and oxygen atoms in total. The van der Waals surface area contributed by atoms with Crippen LogP contribution in [0.3, 0.4) is 0 Å². The Hall–Kier alpha value is -2.02. The number of sulfonamides is 1. The second-order valence-corrected chi connectivity index (χ2v) is 5.94. The Balaban J connectivity index is 2.29. The van der Waals surface area contributed by atoms with Gasteiger partial charge in [0.2, 0.25) is 0 Å². The summed E-state index contributed by atoms with van der Waals surface area (Å²) in [6.07, 6.45) is 0.760. The standard InChI is InChI=1S/C12H16N4O2S/c1-3-9-7-12(15-14-9)16-19(17,18)10-4-5-11(13)8(2)6-10/h4-7H,3,13H2,1-2H3,(H2,14,15,16). The SMILES string of the molecule is CCc1cc(NS(=O)(=O)c2ccc(N)c(C)c2)n[nH]1. The third-order valence-corrected chi connectivity index (χ3v) is 4.15. The molecule has 0 saturated heterocycles. The molecule has 0 aliphatic heterocycles. The number of nitrogens with one attached hydrogen (secondary N) is 2. The molecule has 19 heavy (non-hydrogen) atoms. The molecule has 0 bridgehead atoms. The fourth-order valence-corrected chi connectivity index (χ4v) is 2.68. The van der Waals surface area contributed by atoms with E-state index in [2.05, 4.69) is 14.9 Å². The molecule has 2 rings (SSSR count). The van der Waals surface area contributed by atoms with Gasteiger partial charge in [0.1, 0.15) is 0 Å². The molecule has 1 aromatic heterocycles. The Morgan fingerprint density at radius 3 is 2.68 bits per heavy atom. The number of nitrogen functional groups attached to an aromatic ring is 1. The predicted octanol–water partition coefficient (Wildman–Crippen LogP) is 1.66. The molecule has 0 unspecified atom stereocenters. The molecular formula is C12H16N4O2S. The molecule has 7 heteroatoms. The first-order valence-corrected chi connectivity index (χ1v) is 7.34. The minimum absolute atomic E-state index is 0.167. The van der Waals surface area contributed by atoms with Crippen LogP contribution in [0.2, 0.25) is 0 Å². The molecule has 1 aromatic carbocycles. The second-order valence-electron chi connectivity index (χ2n) is 4.26. The van der Waals surface area contributed by atoms with Gasteiger partial charge in [0.05, 0.1) is 4.90 Å². The maximum atomic E-state index is 12.2. The number of hydrogen-bond donors (Lipinski definition) is 3. The third-order valence-electron chi connectivity index (χ3n) is 2.80.